The van der Waals surface area contributed by atoms with Crippen molar-refractivity contribution >= 4 is 17.7 Å². The summed E-state index contributed by atoms with van der Waals surface area (Å²) < 4.78 is 5.48. The van der Waals surface area contributed by atoms with E-state index in [1.807, 2.05) is 6.26 Å². The molecule has 0 saturated carbocycles. The van der Waals surface area contributed by atoms with Crippen LogP contribution >= 0.6 is 11.8 Å². The van der Waals surface area contributed by atoms with Crippen molar-refractivity contribution in [3.05, 3.63) is 5.82 Å². The van der Waals surface area contributed by atoms with E-state index in [4.69, 9.17) is 10.5 Å². The molecule has 76 valence electrons. The highest BCUT2D eigenvalue weighted by Crippen LogP contribution is 2.26. The number of nitrogen functional groups attached to an aromatic ring is 1. The predicted octanol–water partition coefficient (Wildman–Crippen LogP) is 1.03. The molecule has 2 N–H and O–H groups in total. The molecule has 0 aromatic carbocycles. The quantitative estimate of drug-likeness (QED) is 0.738. The standard InChI is InChI=1S/C8H12N4OS/c1-14-8-11-6(10-7(9)12-8)5-3-2-4-13-5/h5H,2-4H2,1H3,(H2,9,10,11,12). The Labute approximate surface area is 86.5 Å². The van der Waals surface area contributed by atoms with E-state index >= 15 is 0 Å². The number of ether oxygens (including phenoxy) is 1. The fourth-order valence-electron chi connectivity index (χ4n) is 1.40. The van der Waals surface area contributed by atoms with Gasteiger partial charge in [0.2, 0.25) is 5.95 Å². The first kappa shape index (κ1) is 9.67. The molecule has 6 heteroatoms. The Morgan fingerprint density at radius 1 is 1.43 bits per heavy atom. The monoisotopic (exact) mass is 212 g/mol. The normalized spacial score (nSPS) is 21.4. The van der Waals surface area contributed by atoms with Crippen LogP contribution in [0.2, 0.25) is 0 Å². The molecule has 14 heavy (non-hydrogen) atoms. The maximum atomic E-state index is 5.57. The summed E-state index contributed by atoms with van der Waals surface area (Å²) in [7, 11) is 0. The van der Waals surface area contributed by atoms with Crippen LogP contribution in [0.15, 0.2) is 5.16 Å². The summed E-state index contributed by atoms with van der Waals surface area (Å²) in [6.07, 6.45) is 3.95. The van der Waals surface area contributed by atoms with Gasteiger partial charge in [-0.1, -0.05) is 11.8 Å². The van der Waals surface area contributed by atoms with Crippen molar-refractivity contribution in [2.24, 2.45) is 0 Å². The van der Waals surface area contributed by atoms with E-state index in [0.717, 1.165) is 19.4 Å². The topological polar surface area (TPSA) is 73.9 Å². The van der Waals surface area contributed by atoms with Crippen LogP contribution < -0.4 is 5.73 Å². The van der Waals surface area contributed by atoms with E-state index in [1.54, 1.807) is 0 Å². The first-order chi connectivity index (χ1) is 6.79. The Hall–Kier alpha value is -0.880. The lowest BCUT2D eigenvalue weighted by Crippen LogP contribution is -2.08. The van der Waals surface area contributed by atoms with Crippen LogP contribution in [-0.4, -0.2) is 27.8 Å². The van der Waals surface area contributed by atoms with Crippen molar-refractivity contribution in [2.75, 3.05) is 18.6 Å². The Morgan fingerprint density at radius 2 is 2.29 bits per heavy atom. The average Bonchev–Trinajstić information content (AvgIpc) is 2.69. The van der Waals surface area contributed by atoms with Crippen molar-refractivity contribution in [1.29, 1.82) is 0 Å². The molecule has 1 unspecified atom stereocenters. The second-order valence-electron chi connectivity index (χ2n) is 3.04. The minimum absolute atomic E-state index is 0.00574. The molecule has 0 amide bonds. The van der Waals surface area contributed by atoms with Gasteiger partial charge in [-0.15, -0.1) is 0 Å². The van der Waals surface area contributed by atoms with Crippen LogP contribution in [0.4, 0.5) is 5.95 Å². The maximum absolute atomic E-state index is 5.57. The molecule has 1 saturated heterocycles. The van der Waals surface area contributed by atoms with Gasteiger partial charge in [0.25, 0.3) is 0 Å². The first-order valence-electron chi connectivity index (χ1n) is 4.46. The number of aromatic nitrogens is 3. The number of anilines is 1. The fraction of sp³-hybridized carbons (Fsp3) is 0.625. The van der Waals surface area contributed by atoms with Crippen LogP contribution in [0.3, 0.4) is 0 Å². The van der Waals surface area contributed by atoms with Crippen molar-refractivity contribution in [3.63, 3.8) is 0 Å². The van der Waals surface area contributed by atoms with Gasteiger partial charge in [-0.2, -0.15) is 9.97 Å². The molecular weight excluding hydrogens is 200 g/mol. The zero-order valence-electron chi connectivity index (χ0n) is 7.93. The zero-order chi connectivity index (χ0) is 9.97. The zero-order valence-corrected chi connectivity index (χ0v) is 8.75. The van der Waals surface area contributed by atoms with Crippen LogP contribution in [0, 0.1) is 0 Å². The number of nitrogens with two attached hydrogens (primary N) is 1. The lowest BCUT2D eigenvalue weighted by molar-refractivity contribution is 0.104. The predicted molar refractivity (Wildman–Crippen MR) is 53.9 cm³/mol. The molecule has 1 aliphatic rings. The van der Waals surface area contributed by atoms with Crippen LogP contribution in [-0.2, 0) is 4.74 Å². The highest BCUT2D eigenvalue weighted by Gasteiger charge is 2.21. The summed E-state index contributed by atoms with van der Waals surface area (Å²) in [6.45, 7) is 0.783. The summed E-state index contributed by atoms with van der Waals surface area (Å²) in [5, 5.41) is 0.656. The van der Waals surface area contributed by atoms with Crippen molar-refractivity contribution < 1.29 is 4.74 Å². The Bertz CT molecular complexity index is 327. The minimum atomic E-state index is 0.00574. The van der Waals surface area contributed by atoms with E-state index in [-0.39, 0.29) is 12.1 Å². The van der Waals surface area contributed by atoms with Crippen LogP contribution in [0.5, 0.6) is 0 Å². The molecule has 0 aliphatic carbocycles. The molecule has 1 atom stereocenters. The van der Waals surface area contributed by atoms with Gasteiger partial charge in [0.05, 0.1) is 0 Å². The van der Waals surface area contributed by atoms with E-state index in [2.05, 4.69) is 15.0 Å². The lowest BCUT2D eigenvalue weighted by Gasteiger charge is -2.08. The molecule has 1 aromatic rings. The van der Waals surface area contributed by atoms with E-state index in [1.165, 1.54) is 11.8 Å². The number of thioether (sulfide) groups is 1. The highest BCUT2D eigenvalue weighted by atomic mass is 32.2. The Kier molecular flexibility index (Phi) is 2.83. The molecule has 5 nitrogen and oxygen atoms in total. The van der Waals surface area contributed by atoms with Gasteiger partial charge < -0.3 is 10.5 Å². The first-order valence-corrected chi connectivity index (χ1v) is 5.69. The highest BCUT2D eigenvalue weighted by molar-refractivity contribution is 7.98. The van der Waals surface area contributed by atoms with Gasteiger partial charge in [-0.25, -0.2) is 4.98 Å². The molecule has 2 heterocycles. The number of nitrogens with zero attached hydrogens (tertiary/aromatic N) is 3. The van der Waals surface area contributed by atoms with Gasteiger partial charge in [-0.05, 0) is 19.1 Å². The smallest absolute Gasteiger partial charge is 0.224 e. The second kappa shape index (κ2) is 4.10. The summed E-state index contributed by atoms with van der Waals surface area (Å²) in [5.74, 6) is 0.939. The Morgan fingerprint density at radius 3 is 2.93 bits per heavy atom. The molecule has 0 bridgehead atoms. The number of hydrogen-bond acceptors (Lipinski definition) is 6. The van der Waals surface area contributed by atoms with Crippen molar-refractivity contribution in [2.45, 2.75) is 24.1 Å². The van der Waals surface area contributed by atoms with Crippen LogP contribution in [0.1, 0.15) is 24.8 Å². The second-order valence-corrected chi connectivity index (χ2v) is 3.81. The third-order valence-electron chi connectivity index (χ3n) is 2.05. The third kappa shape index (κ3) is 1.96. The van der Waals surface area contributed by atoms with E-state index in [9.17, 15) is 0 Å². The van der Waals surface area contributed by atoms with E-state index in [0.29, 0.717) is 11.0 Å². The molecule has 0 spiro atoms. The van der Waals surface area contributed by atoms with Crippen molar-refractivity contribution in [3.8, 4) is 0 Å². The third-order valence-corrected chi connectivity index (χ3v) is 2.60. The molecule has 2 rings (SSSR count). The largest absolute Gasteiger partial charge is 0.370 e. The maximum Gasteiger partial charge on any atom is 0.224 e. The molecule has 1 aromatic heterocycles. The molecule has 1 fully saturated rings. The van der Waals surface area contributed by atoms with Gasteiger partial charge in [-0.3, -0.25) is 0 Å². The summed E-state index contributed by atoms with van der Waals surface area (Å²) in [4.78, 5) is 12.3. The van der Waals surface area contributed by atoms with Gasteiger partial charge >= 0.3 is 0 Å². The summed E-state index contributed by atoms with van der Waals surface area (Å²) >= 11 is 1.46. The average molecular weight is 212 g/mol. The van der Waals surface area contributed by atoms with E-state index < -0.39 is 0 Å². The number of rotatable bonds is 2. The minimum Gasteiger partial charge on any atom is -0.370 e. The van der Waals surface area contributed by atoms with Crippen LogP contribution in [0.25, 0.3) is 0 Å². The molecule has 0 radical (unpaired) electrons. The lowest BCUT2D eigenvalue weighted by atomic mass is 10.2. The summed E-state index contributed by atoms with van der Waals surface area (Å²) in [5.41, 5.74) is 5.57. The van der Waals surface area contributed by atoms with Gasteiger partial charge in [0.1, 0.15) is 6.10 Å². The fourth-order valence-corrected chi connectivity index (χ4v) is 1.77. The molecular formula is C8H12N4OS. The number of hydrogen-bond donors (Lipinski definition) is 1. The SMILES string of the molecule is CSc1nc(N)nc(C2CCCO2)n1. The van der Waals surface area contributed by atoms with Gasteiger partial charge in [0.15, 0.2) is 11.0 Å². The van der Waals surface area contributed by atoms with Crippen molar-refractivity contribution in [1.82, 2.24) is 15.0 Å². The van der Waals surface area contributed by atoms with Gasteiger partial charge in [0, 0.05) is 6.61 Å². The summed E-state index contributed by atoms with van der Waals surface area (Å²) in [6, 6.07) is 0. The Balaban J connectivity index is 2.27. The molecule has 1 aliphatic heterocycles.